The molecule has 0 fully saturated rings. The van der Waals surface area contributed by atoms with Crippen molar-refractivity contribution < 1.29 is 4.57 Å². The summed E-state index contributed by atoms with van der Waals surface area (Å²) >= 11 is 1.37. The molecule has 2 aromatic heterocycles. The van der Waals surface area contributed by atoms with Crippen molar-refractivity contribution in [1.29, 1.82) is 0 Å². The zero-order chi connectivity index (χ0) is 16.6. The lowest BCUT2D eigenvalue weighted by Gasteiger charge is -2.21. The van der Waals surface area contributed by atoms with Gasteiger partial charge in [-0.05, 0) is 31.2 Å². The average molecular weight is 339 g/mol. The second-order valence-corrected chi connectivity index (χ2v) is 5.94. The molecule has 0 atom stereocenters. The van der Waals surface area contributed by atoms with Gasteiger partial charge in [0.1, 0.15) is 5.51 Å². The summed E-state index contributed by atoms with van der Waals surface area (Å²) in [5.74, 6) is 0. The maximum absolute atomic E-state index is 4.18. The lowest BCUT2D eigenvalue weighted by Crippen LogP contribution is -2.40. The van der Waals surface area contributed by atoms with E-state index in [0.29, 0.717) is 5.13 Å². The highest BCUT2D eigenvalue weighted by Gasteiger charge is 2.07. The molecule has 0 amide bonds. The molecule has 1 aromatic carbocycles. The second kappa shape index (κ2) is 8.26. The molecule has 7 heteroatoms. The molecule has 0 aliphatic carbocycles. The predicted octanol–water partition coefficient (Wildman–Crippen LogP) is 3.77. The first-order valence-corrected chi connectivity index (χ1v) is 8.70. The van der Waals surface area contributed by atoms with Gasteiger partial charge in [-0.2, -0.15) is 0 Å². The Bertz CT molecular complexity index is 756. The van der Waals surface area contributed by atoms with E-state index >= 15 is 0 Å². The van der Waals surface area contributed by atoms with Gasteiger partial charge in [0.15, 0.2) is 18.9 Å². The van der Waals surface area contributed by atoms with Crippen LogP contribution in [-0.4, -0.2) is 23.3 Å². The van der Waals surface area contributed by atoms with Crippen LogP contribution < -0.4 is 9.47 Å². The van der Waals surface area contributed by atoms with E-state index in [2.05, 4.69) is 61.3 Å². The van der Waals surface area contributed by atoms with Gasteiger partial charge < -0.3 is 4.90 Å². The maximum Gasteiger partial charge on any atom is 0.251 e. The van der Waals surface area contributed by atoms with E-state index in [1.165, 1.54) is 17.0 Å². The van der Waals surface area contributed by atoms with Gasteiger partial charge >= 0.3 is 0 Å². The van der Waals surface area contributed by atoms with Gasteiger partial charge in [0.2, 0.25) is 0 Å². The van der Waals surface area contributed by atoms with Gasteiger partial charge in [-0.25, -0.2) is 4.57 Å². The van der Waals surface area contributed by atoms with Gasteiger partial charge in [0.05, 0.1) is 12.2 Å². The topological polar surface area (TPSA) is 57.6 Å². The zero-order valence-electron chi connectivity index (χ0n) is 13.5. The summed E-state index contributed by atoms with van der Waals surface area (Å²) in [4.78, 5) is 2.34. The van der Waals surface area contributed by atoms with E-state index in [9.17, 15) is 0 Å². The molecule has 0 bridgehead atoms. The number of pyridine rings is 1. The highest BCUT2D eigenvalue weighted by Crippen LogP contribution is 2.22. The minimum atomic E-state index is 0.564. The summed E-state index contributed by atoms with van der Waals surface area (Å²) in [6.45, 7) is 5.03. The first kappa shape index (κ1) is 16.2. The van der Waals surface area contributed by atoms with E-state index in [-0.39, 0.29) is 0 Å². The number of nitrogens with zero attached hydrogens (tertiary/aromatic N) is 6. The van der Waals surface area contributed by atoms with Crippen molar-refractivity contribution >= 4 is 27.8 Å². The molecule has 0 radical (unpaired) electrons. The highest BCUT2D eigenvalue weighted by molar-refractivity contribution is 7.13. The molecule has 0 saturated carbocycles. The standard InChI is InChI=1S/C17H19N6S/c1-2-23(13-12-22-10-4-3-5-11-22)16-8-6-15(7-9-16)19-21-17-20-18-14-24-17/h3-11,14H,2,12-13H2,1H3/q+1. The number of hydrogen-bond donors (Lipinski definition) is 0. The molecular formula is C17H19N6S+. The lowest BCUT2D eigenvalue weighted by atomic mass is 10.2. The maximum atomic E-state index is 4.18. The van der Waals surface area contributed by atoms with E-state index in [4.69, 9.17) is 0 Å². The quantitative estimate of drug-likeness (QED) is 0.486. The Morgan fingerprint density at radius 2 is 1.88 bits per heavy atom. The van der Waals surface area contributed by atoms with Crippen LogP contribution in [0.3, 0.4) is 0 Å². The lowest BCUT2D eigenvalue weighted by molar-refractivity contribution is -0.694. The van der Waals surface area contributed by atoms with E-state index in [1.807, 2.05) is 30.3 Å². The Kier molecular flexibility index (Phi) is 5.57. The molecule has 122 valence electrons. The normalized spacial score (nSPS) is 11.0. The number of azo groups is 1. The minimum absolute atomic E-state index is 0.564. The Hall–Kier alpha value is -2.67. The monoisotopic (exact) mass is 339 g/mol. The van der Waals surface area contributed by atoms with E-state index in [0.717, 1.165) is 25.3 Å². The summed E-state index contributed by atoms with van der Waals surface area (Å²) in [6.07, 6.45) is 4.18. The van der Waals surface area contributed by atoms with Crippen LogP contribution in [0, 0.1) is 0 Å². The third kappa shape index (κ3) is 4.42. The van der Waals surface area contributed by atoms with Crippen LogP contribution in [-0.2, 0) is 6.54 Å². The minimum Gasteiger partial charge on any atom is -0.365 e. The Morgan fingerprint density at radius 3 is 2.54 bits per heavy atom. The molecule has 3 rings (SSSR count). The van der Waals surface area contributed by atoms with Crippen LogP contribution in [0.2, 0.25) is 0 Å². The van der Waals surface area contributed by atoms with Crippen LogP contribution in [0.25, 0.3) is 0 Å². The molecule has 0 spiro atoms. The fourth-order valence-corrected chi connectivity index (χ4v) is 2.70. The van der Waals surface area contributed by atoms with Gasteiger partial charge in [-0.3, -0.25) is 0 Å². The summed E-state index contributed by atoms with van der Waals surface area (Å²) in [6, 6.07) is 14.2. The predicted molar refractivity (Wildman–Crippen MR) is 95.1 cm³/mol. The van der Waals surface area contributed by atoms with Crippen molar-refractivity contribution in [2.45, 2.75) is 13.5 Å². The largest absolute Gasteiger partial charge is 0.365 e. The first-order chi connectivity index (χ1) is 11.8. The van der Waals surface area contributed by atoms with Crippen molar-refractivity contribution in [3.05, 3.63) is 60.4 Å². The number of rotatable bonds is 7. The molecule has 0 saturated heterocycles. The molecule has 3 aromatic rings. The number of aromatic nitrogens is 3. The van der Waals surface area contributed by atoms with Crippen molar-refractivity contribution in [2.75, 3.05) is 18.0 Å². The number of likely N-dealkylation sites (N-methyl/N-ethyl adjacent to an activating group) is 1. The molecule has 6 nitrogen and oxygen atoms in total. The summed E-state index contributed by atoms with van der Waals surface area (Å²) in [7, 11) is 0. The molecule has 0 N–H and O–H groups in total. The van der Waals surface area contributed by atoms with Crippen molar-refractivity contribution in [3.8, 4) is 0 Å². The van der Waals surface area contributed by atoms with Crippen LogP contribution >= 0.6 is 11.3 Å². The van der Waals surface area contributed by atoms with Gasteiger partial charge in [0, 0.05) is 24.4 Å². The van der Waals surface area contributed by atoms with Crippen molar-refractivity contribution in [2.24, 2.45) is 10.2 Å². The van der Waals surface area contributed by atoms with Crippen LogP contribution in [0.1, 0.15) is 6.92 Å². The molecular weight excluding hydrogens is 320 g/mol. The van der Waals surface area contributed by atoms with Gasteiger partial charge in [0.25, 0.3) is 5.13 Å². The van der Waals surface area contributed by atoms with Crippen LogP contribution in [0.4, 0.5) is 16.5 Å². The van der Waals surface area contributed by atoms with Gasteiger partial charge in [-0.1, -0.05) is 17.4 Å². The van der Waals surface area contributed by atoms with Crippen molar-refractivity contribution in [1.82, 2.24) is 10.2 Å². The third-order valence-electron chi connectivity index (χ3n) is 3.60. The fourth-order valence-electron chi connectivity index (χ4n) is 2.33. The summed E-state index contributed by atoms with van der Waals surface area (Å²) in [5, 5.41) is 16.4. The smallest absolute Gasteiger partial charge is 0.251 e. The third-order valence-corrected chi connectivity index (χ3v) is 4.18. The van der Waals surface area contributed by atoms with E-state index in [1.54, 1.807) is 5.51 Å². The zero-order valence-corrected chi connectivity index (χ0v) is 14.3. The molecule has 24 heavy (non-hydrogen) atoms. The Labute approximate surface area is 145 Å². The molecule has 0 unspecified atom stereocenters. The molecule has 0 aliphatic rings. The first-order valence-electron chi connectivity index (χ1n) is 7.82. The number of hydrogen-bond acceptors (Lipinski definition) is 6. The molecule has 2 heterocycles. The van der Waals surface area contributed by atoms with Crippen LogP contribution in [0.15, 0.2) is 70.6 Å². The fraction of sp³-hybridized carbons (Fsp3) is 0.235. The van der Waals surface area contributed by atoms with E-state index < -0.39 is 0 Å². The Morgan fingerprint density at radius 1 is 1.08 bits per heavy atom. The number of anilines is 1. The SMILES string of the molecule is CCN(CC[n+]1ccccc1)c1ccc(N=Nc2nncs2)cc1. The van der Waals surface area contributed by atoms with Crippen LogP contribution in [0.5, 0.6) is 0 Å². The molecule has 0 aliphatic heterocycles. The Balaban J connectivity index is 1.62. The average Bonchev–Trinajstić information content (AvgIpc) is 3.16. The van der Waals surface area contributed by atoms with Crippen molar-refractivity contribution in [3.63, 3.8) is 0 Å². The van der Waals surface area contributed by atoms with Gasteiger partial charge in [-0.15, -0.1) is 20.4 Å². The second-order valence-electron chi connectivity index (χ2n) is 5.13. The summed E-state index contributed by atoms with van der Waals surface area (Å²) in [5.41, 5.74) is 3.63. The number of benzene rings is 1. The summed E-state index contributed by atoms with van der Waals surface area (Å²) < 4.78 is 2.19. The highest BCUT2D eigenvalue weighted by atomic mass is 32.1.